The fraction of sp³-hybridized carbons (Fsp3) is 0.250. The topological polar surface area (TPSA) is 39.3 Å². The first-order chi connectivity index (χ1) is 12.2. The van der Waals surface area contributed by atoms with Crippen LogP contribution >= 0.6 is 15.9 Å². The molecule has 1 saturated heterocycles. The molecule has 1 aliphatic rings. The van der Waals surface area contributed by atoms with Crippen LogP contribution in [0.5, 0.6) is 0 Å². The summed E-state index contributed by atoms with van der Waals surface area (Å²) in [5.41, 5.74) is 2.00. The van der Waals surface area contributed by atoms with Gasteiger partial charge in [0.25, 0.3) is 5.91 Å². The normalized spacial score (nSPS) is 15.6. The number of fused-ring (bicyclic) bond motifs is 1. The van der Waals surface area contributed by atoms with Crippen LogP contribution in [0.2, 0.25) is 0 Å². The third-order valence-electron chi connectivity index (χ3n) is 4.81. The van der Waals surface area contributed by atoms with E-state index in [2.05, 4.69) is 68.3 Å². The number of carbonyl (C=O) groups is 1. The van der Waals surface area contributed by atoms with Gasteiger partial charge >= 0.3 is 0 Å². The van der Waals surface area contributed by atoms with E-state index in [0.717, 1.165) is 37.2 Å². The van der Waals surface area contributed by atoms with E-state index in [4.69, 9.17) is 0 Å². The largest absolute Gasteiger partial charge is 0.356 e. The summed E-state index contributed by atoms with van der Waals surface area (Å²) in [6, 6.07) is 16.8. The molecule has 128 valence electrons. The van der Waals surface area contributed by atoms with Gasteiger partial charge in [-0.3, -0.25) is 9.69 Å². The van der Waals surface area contributed by atoms with E-state index in [1.165, 1.54) is 16.3 Å². The molecule has 1 aromatic heterocycles. The number of carbonyl (C=O) groups excluding carboxylic acids is 1. The number of piperazine rings is 1. The summed E-state index contributed by atoms with van der Waals surface area (Å²) in [4.78, 5) is 19.9. The molecule has 0 spiro atoms. The number of amides is 1. The lowest BCUT2D eigenvalue weighted by atomic mass is 10.0. The van der Waals surface area contributed by atoms with E-state index in [-0.39, 0.29) is 5.91 Å². The average molecular weight is 398 g/mol. The smallest absolute Gasteiger partial charge is 0.270 e. The third kappa shape index (κ3) is 3.48. The van der Waals surface area contributed by atoms with Crippen LogP contribution in [0, 0.1) is 0 Å². The predicted octanol–water partition coefficient (Wildman–Crippen LogP) is 3.89. The maximum atomic E-state index is 12.5. The summed E-state index contributed by atoms with van der Waals surface area (Å²) in [6.45, 7) is 4.26. The fourth-order valence-electron chi connectivity index (χ4n) is 3.44. The molecule has 1 fully saturated rings. The van der Waals surface area contributed by atoms with Crippen LogP contribution in [0.1, 0.15) is 16.1 Å². The Kier molecular flexibility index (Phi) is 4.59. The SMILES string of the molecule is O=C(c1cc(Br)c[nH]1)N1CCN(Cc2cccc3ccccc23)CC1. The molecule has 3 aromatic rings. The van der Waals surface area contributed by atoms with Gasteiger partial charge in [-0.25, -0.2) is 0 Å². The lowest BCUT2D eigenvalue weighted by molar-refractivity contribution is 0.0624. The first-order valence-corrected chi connectivity index (χ1v) is 9.32. The molecule has 0 radical (unpaired) electrons. The fourth-order valence-corrected chi connectivity index (χ4v) is 3.79. The Morgan fingerprint density at radius 1 is 1.04 bits per heavy atom. The standard InChI is InChI=1S/C20H20BrN3O/c21-17-12-19(22-13-17)20(25)24-10-8-23(9-11-24)14-16-6-3-5-15-4-1-2-7-18(15)16/h1-7,12-13,22H,8-11,14H2. The Hall–Kier alpha value is -2.11. The zero-order valence-electron chi connectivity index (χ0n) is 13.9. The lowest BCUT2D eigenvalue weighted by Gasteiger charge is -2.34. The van der Waals surface area contributed by atoms with Crippen LogP contribution in [-0.4, -0.2) is 46.9 Å². The molecule has 4 nitrogen and oxygen atoms in total. The number of benzene rings is 2. The van der Waals surface area contributed by atoms with Crippen molar-refractivity contribution in [3.63, 3.8) is 0 Å². The number of H-pyrrole nitrogens is 1. The maximum Gasteiger partial charge on any atom is 0.270 e. The Balaban J connectivity index is 1.41. The summed E-state index contributed by atoms with van der Waals surface area (Å²) in [5.74, 6) is 0.0792. The molecule has 2 heterocycles. The van der Waals surface area contributed by atoms with Crippen LogP contribution in [0.25, 0.3) is 10.8 Å². The van der Waals surface area contributed by atoms with Gasteiger partial charge in [0.15, 0.2) is 0 Å². The second-order valence-electron chi connectivity index (χ2n) is 6.44. The number of nitrogens with zero attached hydrogens (tertiary/aromatic N) is 2. The highest BCUT2D eigenvalue weighted by molar-refractivity contribution is 9.10. The number of hydrogen-bond acceptors (Lipinski definition) is 2. The average Bonchev–Trinajstić information content (AvgIpc) is 3.08. The number of hydrogen-bond donors (Lipinski definition) is 1. The quantitative estimate of drug-likeness (QED) is 0.727. The maximum absolute atomic E-state index is 12.5. The summed E-state index contributed by atoms with van der Waals surface area (Å²) >= 11 is 3.38. The van der Waals surface area contributed by atoms with E-state index in [1.54, 1.807) is 6.20 Å². The molecule has 25 heavy (non-hydrogen) atoms. The number of halogens is 1. The molecule has 0 bridgehead atoms. The van der Waals surface area contributed by atoms with Crippen LogP contribution in [0.4, 0.5) is 0 Å². The highest BCUT2D eigenvalue weighted by Crippen LogP contribution is 2.21. The van der Waals surface area contributed by atoms with Crippen molar-refractivity contribution in [2.75, 3.05) is 26.2 Å². The van der Waals surface area contributed by atoms with Gasteiger partial charge in [-0.1, -0.05) is 42.5 Å². The van der Waals surface area contributed by atoms with Crippen molar-refractivity contribution in [1.29, 1.82) is 0 Å². The first-order valence-electron chi connectivity index (χ1n) is 8.53. The van der Waals surface area contributed by atoms with Crippen LogP contribution < -0.4 is 0 Å². The second-order valence-corrected chi connectivity index (χ2v) is 7.35. The van der Waals surface area contributed by atoms with Crippen molar-refractivity contribution in [2.24, 2.45) is 0 Å². The molecule has 1 aliphatic heterocycles. The Morgan fingerprint density at radius 2 is 1.80 bits per heavy atom. The van der Waals surface area contributed by atoms with Gasteiger partial charge in [-0.05, 0) is 38.3 Å². The molecule has 2 aromatic carbocycles. The number of aromatic nitrogens is 1. The molecular formula is C20H20BrN3O. The van der Waals surface area contributed by atoms with Gasteiger partial charge in [-0.2, -0.15) is 0 Å². The summed E-state index contributed by atoms with van der Waals surface area (Å²) in [6.07, 6.45) is 1.80. The summed E-state index contributed by atoms with van der Waals surface area (Å²) < 4.78 is 0.908. The molecule has 0 atom stereocenters. The van der Waals surface area contributed by atoms with Gasteiger partial charge in [-0.15, -0.1) is 0 Å². The lowest BCUT2D eigenvalue weighted by Crippen LogP contribution is -2.48. The van der Waals surface area contributed by atoms with Crippen molar-refractivity contribution < 1.29 is 4.79 Å². The molecule has 1 amide bonds. The molecule has 0 unspecified atom stereocenters. The van der Waals surface area contributed by atoms with E-state index in [9.17, 15) is 4.79 Å². The van der Waals surface area contributed by atoms with Gasteiger partial charge in [0.1, 0.15) is 5.69 Å². The minimum Gasteiger partial charge on any atom is -0.356 e. The molecular weight excluding hydrogens is 378 g/mol. The van der Waals surface area contributed by atoms with Crippen molar-refractivity contribution in [1.82, 2.24) is 14.8 Å². The minimum absolute atomic E-state index is 0.0792. The molecule has 4 rings (SSSR count). The van der Waals surface area contributed by atoms with Crippen molar-refractivity contribution in [2.45, 2.75) is 6.54 Å². The summed E-state index contributed by atoms with van der Waals surface area (Å²) in [7, 11) is 0. The third-order valence-corrected chi connectivity index (χ3v) is 5.27. The zero-order chi connectivity index (χ0) is 17.2. The van der Waals surface area contributed by atoms with E-state index < -0.39 is 0 Å². The Morgan fingerprint density at radius 3 is 2.56 bits per heavy atom. The Bertz CT molecular complexity index is 891. The molecule has 1 N–H and O–H groups in total. The van der Waals surface area contributed by atoms with E-state index in [1.807, 2.05) is 11.0 Å². The van der Waals surface area contributed by atoms with Gasteiger partial charge in [0.05, 0.1) is 0 Å². The van der Waals surface area contributed by atoms with E-state index in [0.29, 0.717) is 5.69 Å². The van der Waals surface area contributed by atoms with Crippen molar-refractivity contribution in [3.05, 3.63) is 70.5 Å². The monoisotopic (exact) mass is 397 g/mol. The molecule has 0 aliphatic carbocycles. The van der Waals surface area contributed by atoms with Crippen LogP contribution in [0.3, 0.4) is 0 Å². The highest BCUT2D eigenvalue weighted by Gasteiger charge is 2.23. The van der Waals surface area contributed by atoms with E-state index >= 15 is 0 Å². The van der Waals surface area contributed by atoms with Gasteiger partial charge in [0, 0.05) is 43.4 Å². The molecule has 5 heteroatoms. The Labute approximate surface area is 155 Å². The van der Waals surface area contributed by atoms with Gasteiger partial charge < -0.3 is 9.88 Å². The number of nitrogens with one attached hydrogen (secondary N) is 1. The van der Waals surface area contributed by atoms with Gasteiger partial charge in [0.2, 0.25) is 0 Å². The van der Waals surface area contributed by atoms with Crippen LogP contribution in [0.15, 0.2) is 59.2 Å². The highest BCUT2D eigenvalue weighted by atomic mass is 79.9. The molecule has 0 saturated carbocycles. The van der Waals surface area contributed by atoms with Crippen molar-refractivity contribution in [3.8, 4) is 0 Å². The number of aromatic amines is 1. The van der Waals surface area contributed by atoms with Crippen LogP contribution in [-0.2, 0) is 6.54 Å². The zero-order valence-corrected chi connectivity index (χ0v) is 15.5. The van der Waals surface area contributed by atoms with Crippen molar-refractivity contribution >= 4 is 32.6 Å². The summed E-state index contributed by atoms with van der Waals surface area (Å²) in [5, 5.41) is 2.60. The minimum atomic E-state index is 0.0792. The predicted molar refractivity (Wildman–Crippen MR) is 104 cm³/mol. The first kappa shape index (κ1) is 16.4. The second kappa shape index (κ2) is 7.02. The number of rotatable bonds is 3.